The number of fused-ring (bicyclic) bond motifs is 2. The highest BCUT2D eigenvalue weighted by atomic mass is 19.4. The summed E-state index contributed by atoms with van der Waals surface area (Å²) in [6, 6.07) is 19.3. The molecule has 164 valence electrons. The summed E-state index contributed by atoms with van der Waals surface area (Å²) >= 11 is 0. The van der Waals surface area contributed by atoms with Crippen molar-refractivity contribution in [2.24, 2.45) is 10.2 Å². The zero-order valence-electron chi connectivity index (χ0n) is 16.6. The summed E-state index contributed by atoms with van der Waals surface area (Å²) in [5, 5.41) is 10.5. The highest BCUT2D eigenvalue weighted by Gasteiger charge is 2.36. The van der Waals surface area contributed by atoms with Crippen LogP contribution in [0.5, 0.6) is 5.75 Å². The van der Waals surface area contributed by atoms with Gasteiger partial charge in [-0.15, -0.1) is 23.4 Å². The number of anilines is 3. The number of alkyl halides is 3. The van der Waals surface area contributed by atoms with Crippen LogP contribution in [0.4, 0.5) is 30.2 Å². The average Bonchev–Trinajstić information content (AvgIpc) is 3.24. The molecule has 2 aliphatic rings. The molecule has 0 bridgehead atoms. The normalized spacial score (nSPS) is 17.4. The van der Waals surface area contributed by atoms with E-state index in [1.807, 2.05) is 6.07 Å². The lowest BCUT2D eigenvalue weighted by Crippen LogP contribution is -2.25. The molecule has 0 unspecified atom stereocenters. The highest BCUT2D eigenvalue weighted by molar-refractivity contribution is 6.56. The van der Waals surface area contributed by atoms with Crippen molar-refractivity contribution < 1.29 is 27.5 Å². The van der Waals surface area contributed by atoms with E-state index in [0.29, 0.717) is 16.9 Å². The van der Waals surface area contributed by atoms with Crippen LogP contribution in [0, 0.1) is 0 Å². The highest BCUT2D eigenvalue weighted by Crippen LogP contribution is 2.36. The number of carbonyl (C=O) groups excluding carboxylic acids is 2. The molecule has 5 rings (SSSR count). The summed E-state index contributed by atoms with van der Waals surface area (Å²) in [6.07, 6.45) is -4.89. The second-order valence-corrected chi connectivity index (χ2v) is 7.10. The first-order valence-electron chi connectivity index (χ1n) is 9.68. The molecule has 2 amide bonds. The maximum absolute atomic E-state index is 13.2. The molecule has 7 nitrogen and oxygen atoms in total. The van der Waals surface area contributed by atoms with Crippen LogP contribution >= 0.6 is 0 Å². The molecule has 0 saturated carbocycles. The van der Waals surface area contributed by atoms with E-state index < -0.39 is 23.9 Å². The molecule has 0 saturated heterocycles. The minimum Gasteiger partial charge on any atom is -0.406 e. The predicted molar refractivity (Wildman–Crippen MR) is 115 cm³/mol. The van der Waals surface area contributed by atoms with Gasteiger partial charge in [0, 0.05) is 16.8 Å². The Hall–Kier alpha value is -4.47. The lowest BCUT2D eigenvalue weighted by Gasteiger charge is -2.16. The fourth-order valence-electron chi connectivity index (χ4n) is 3.66. The smallest absolute Gasteiger partial charge is 0.406 e. The van der Waals surface area contributed by atoms with Crippen molar-refractivity contribution in [3.8, 4) is 5.75 Å². The van der Waals surface area contributed by atoms with Crippen molar-refractivity contribution in [3.63, 3.8) is 0 Å². The van der Waals surface area contributed by atoms with Crippen LogP contribution in [-0.2, 0) is 9.59 Å². The van der Waals surface area contributed by atoms with Crippen LogP contribution in [0.25, 0.3) is 0 Å². The van der Waals surface area contributed by atoms with Gasteiger partial charge in [-0.05, 0) is 36.4 Å². The van der Waals surface area contributed by atoms with Crippen LogP contribution in [0.1, 0.15) is 11.1 Å². The second kappa shape index (κ2) is 7.59. The maximum atomic E-state index is 13.2. The summed E-state index contributed by atoms with van der Waals surface area (Å²) in [4.78, 5) is 27.0. The monoisotopic (exact) mass is 450 g/mol. The minimum absolute atomic E-state index is 0.00546. The number of hydrogen-bond acceptors (Lipinski definition) is 5. The molecular formula is C23H13F3N4O3. The van der Waals surface area contributed by atoms with Crippen molar-refractivity contribution in [1.82, 2.24) is 0 Å². The van der Waals surface area contributed by atoms with Crippen molar-refractivity contribution in [3.05, 3.63) is 83.9 Å². The van der Waals surface area contributed by atoms with Gasteiger partial charge in [0.1, 0.15) is 5.75 Å². The number of nitrogens with zero attached hydrogens (tertiary/aromatic N) is 3. The zero-order chi connectivity index (χ0) is 23.2. The number of nitrogens with one attached hydrogen (secondary N) is 1. The third kappa shape index (κ3) is 3.71. The van der Waals surface area contributed by atoms with E-state index in [1.54, 1.807) is 48.5 Å². The predicted octanol–water partition coefficient (Wildman–Crippen LogP) is 4.41. The number of halogens is 3. The fourth-order valence-corrected chi connectivity index (χ4v) is 3.66. The lowest BCUT2D eigenvalue weighted by atomic mass is 10.1. The number of rotatable bonds is 3. The molecule has 0 spiro atoms. The topological polar surface area (TPSA) is 83.4 Å². The molecule has 33 heavy (non-hydrogen) atoms. The molecule has 0 fully saturated rings. The van der Waals surface area contributed by atoms with Crippen molar-refractivity contribution in [1.29, 1.82) is 0 Å². The van der Waals surface area contributed by atoms with Gasteiger partial charge in [0.05, 0.1) is 11.4 Å². The van der Waals surface area contributed by atoms with Gasteiger partial charge in [-0.3, -0.25) is 14.5 Å². The Morgan fingerprint density at radius 3 is 2.27 bits per heavy atom. The Kier molecular flexibility index (Phi) is 4.70. The van der Waals surface area contributed by atoms with Crippen molar-refractivity contribution in [2.75, 3.05) is 10.2 Å². The summed E-state index contributed by atoms with van der Waals surface area (Å²) < 4.78 is 41.7. The first kappa shape index (κ1) is 20.4. The first-order chi connectivity index (χ1) is 15.8. The van der Waals surface area contributed by atoms with Crippen LogP contribution in [0.15, 0.2) is 83.0 Å². The standard InChI is InChI=1S/C23H13F3N4O3/c24-23(25,26)33-14-10-11-17-16(12-14)19(21(31)27-17)28-29-20-15-8-4-5-9-18(15)30(22(20)32)13-6-2-1-3-7-13/h1-12H,(H,27,28,31). The first-order valence-corrected chi connectivity index (χ1v) is 9.68. The van der Waals surface area contributed by atoms with E-state index in [1.165, 1.54) is 11.0 Å². The number of amides is 2. The summed E-state index contributed by atoms with van der Waals surface area (Å²) in [5.41, 5.74) is 1.88. The number of para-hydroxylation sites is 2. The van der Waals surface area contributed by atoms with Gasteiger partial charge in [0.25, 0.3) is 11.8 Å². The molecule has 0 aliphatic carbocycles. The molecule has 0 atom stereocenters. The van der Waals surface area contributed by atoms with Crippen molar-refractivity contribution in [2.45, 2.75) is 6.36 Å². The quantitative estimate of drug-likeness (QED) is 0.600. The van der Waals surface area contributed by atoms with Gasteiger partial charge in [0.2, 0.25) is 0 Å². The Labute approximate surface area is 184 Å². The van der Waals surface area contributed by atoms with E-state index in [0.717, 1.165) is 12.1 Å². The Morgan fingerprint density at radius 2 is 1.52 bits per heavy atom. The van der Waals surface area contributed by atoms with E-state index in [9.17, 15) is 22.8 Å². The lowest BCUT2D eigenvalue weighted by molar-refractivity contribution is -0.274. The summed E-state index contributed by atoms with van der Waals surface area (Å²) in [5.74, 6) is -1.60. The van der Waals surface area contributed by atoms with E-state index >= 15 is 0 Å². The van der Waals surface area contributed by atoms with Crippen LogP contribution < -0.4 is 15.0 Å². The molecule has 0 aromatic heterocycles. The Morgan fingerprint density at radius 1 is 0.818 bits per heavy atom. The third-order valence-electron chi connectivity index (χ3n) is 5.01. The van der Waals surface area contributed by atoms with Gasteiger partial charge >= 0.3 is 6.36 Å². The fraction of sp³-hybridized carbons (Fsp3) is 0.0435. The average molecular weight is 450 g/mol. The Balaban J connectivity index is 1.56. The molecule has 3 aromatic carbocycles. The summed E-state index contributed by atoms with van der Waals surface area (Å²) in [7, 11) is 0. The number of hydrogen-bond donors (Lipinski definition) is 1. The number of ether oxygens (including phenoxy) is 1. The van der Waals surface area contributed by atoms with Gasteiger partial charge in [-0.1, -0.05) is 36.4 Å². The molecule has 0 radical (unpaired) electrons. The van der Waals surface area contributed by atoms with Gasteiger partial charge in [-0.25, -0.2) is 0 Å². The van der Waals surface area contributed by atoms with E-state index in [2.05, 4.69) is 20.3 Å². The van der Waals surface area contributed by atoms with Gasteiger partial charge < -0.3 is 10.1 Å². The van der Waals surface area contributed by atoms with Crippen molar-refractivity contribution >= 4 is 40.3 Å². The van der Waals surface area contributed by atoms with E-state index in [4.69, 9.17) is 0 Å². The molecule has 3 aromatic rings. The van der Waals surface area contributed by atoms with Crippen LogP contribution in [0.2, 0.25) is 0 Å². The largest absolute Gasteiger partial charge is 0.573 e. The van der Waals surface area contributed by atoms with Gasteiger partial charge in [0.15, 0.2) is 11.4 Å². The molecule has 1 N–H and O–H groups in total. The number of carbonyl (C=O) groups is 2. The third-order valence-corrected chi connectivity index (χ3v) is 5.01. The number of benzene rings is 3. The zero-order valence-corrected chi connectivity index (χ0v) is 16.6. The van der Waals surface area contributed by atoms with Crippen LogP contribution in [-0.4, -0.2) is 29.6 Å². The van der Waals surface area contributed by atoms with Gasteiger partial charge in [-0.2, -0.15) is 0 Å². The molecular weight excluding hydrogens is 437 g/mol. The molecule has 10 heteroatoms. The summed E-state index contributed by atoms with van der Waals surface area (Å²) in [6.45, 7) is 0. The molecule has 2 aliphatic heterocycles. The minimum atomic E-state index is -4.89. The maximum Gasteiger partial charge on any atom is 0.573 e. The second-order valence-electron chi connectivity index (χ2n) is 7.10. The SMILES string of the molecule is O=C1Nc2ccc(OC(F)(F)F)cc2C1=NN=C1C(=O)N(c2ccccc2)c2ccccc21. The Bertz CT molecular complexity index is 1350. The molecule has 2 heterocycles. The van der Waals surface area contributed by atoms with E-state index in [-0.39, 0.29) is 22.7 Å². The van der Waals surface area contributed by atoms with Crippen LogP contribution in [0.3, 0.4) is 0 Å².